The van der Waals surface area contributed by atoms with Crippen LogP contribution in [-0.4, -0.2) is 4.98 Å². The molecule has 0 unspecified atom stereocenters. The lowest BCUT2D eigenvalue weighted by atomic mass is 10.0. The number of benzene rings is 1. The number of halogens is 2. The second-order valence-electron chi connectivity index (χ2n) is 4.56. The first-order valence-electron chi connectivity index (χ1n) is 6.29. The molecule has 0 spiro atoms. The van der Waals surface area contributed by atoms with Gasteiger partial charge in [-0.15, -0.1) is 11.3 Å². The molecule has 1 aromatic carbocycles. The number of nitrogens with zero attached hydrogens (tertiary/aromatic N) is 2. The van der Waals surface area contributed by atoms with E-state index in [9.17, 15) is 5.26 Å². The van der Waals surface area contributed by atoms with E-state index in [1.807, 2.05) is 41.8 Å². The Balaban J connectivity index is 2.20. The van der Waals surface area contributed by atoms with Gasteiger partial charge in [-0.05, 0) is 40.2 Å². The first-order chi connectivity index (χ1) is 10.6. The van der Waals surface area contributed by atoms with Gasteiger partial charge in [0.15, 0.2) is 0 Å². The lowest BCUT2D eigenvalue weighted by Crippen LogP contribution is -1.99. The molecule has 6 heteroatoms. The standard InChI is InChI=1S/C16H9Br2N3S/c17-10-3-1-9(2-4-10)14-6-12(13(7-19)16(20)21-14)15-5-11(18)8-22-15/h1-6,8H,(H2,20,21). The van der Waals surface area contributed by atoms with Crippen LogP contribution in [0.3, 0.4) is 0 Å². The number of aromatic nitrogens is 1. The van der Waals surface area contributed by atoms with E-state index >= 15 is 0 Å². The van der Waals surface area contributed by atoms with Gasteiger partial charge < -0.3 is 5.73 Å². The number of nitrogen functional groups attached to an aromatic ring is 1. The molecule has 0 radical (unpaired) electrons. The molecule has 0 saturated heterocycles. The van der Waals surface area contributed by atoms with E-state index in [1.165, 1.54) is 0 Å². The highest BCUT2D eigenvalue weighted by atomic mass is 79.9. The van der Waals surface area contributed by atoms with E-state index in [-0.39, 0.29) is 5.82 Å². The molecule has 0 amide bonds. The third-order valence-corrected chi connectivity index (χ3v) is 5.39. The van der Waals surface area contributed by atoms with Crippen LogP contribution >= 0.6 is 43.2 Å². The summed E-state index contributed by atoms with van der Waals surface area (Å²) in [5.41, 5.74) is 8.92. The van der Waals surface area contributed by atoms with Crippen molar-refractivity contribution in [2.45, 2.75) is 0 Å². The fourth-order valence-corrected chi connectivity index (χ4v) is 3.82. The number of anilines is 1. The van der Waals surface area contributed by atoms with Crippen LogP contribution in [-0.2, 0) is 0 Å². The number of hydrogen-bond donors (Lipinski definition) is 1. The Bertz CT molecular complexity index is 879. The van der Waals surface area contributed by atoms with Crippen LogP contribution in [0.1, 0.15) is 5.56 Å². The van der Waals surface area contributed by atoms with Gasteiger partial charge in [0.25, 0.3) is 0 Å². The molecule has 3 nitrogen and oxygen atoms in total. The number of pyridine rings is 1. The van der Waals surface area contributed by atoms with E-state index in [4.69, 9.17) is 5.73 Å². The van der Waals surface area contributed by atoms with Crippen molar-refractivity contribution in [3.8, 4) is 27.8 Å². The van der Waals surface area contributed by atoms with Gasteiger partial charge in [0.2, 0.25) is 0 Å². The largest absolute Gasteiger partial charge is 0.383 e. The summed E-state index contributed by atoms with van der Waals surface area (Å²) in [7, 11) is 0. The molecule has 0 fully saturated rings. The Morgan fingerprint density at radius 1 is 1.09 bits per heavy atom. The second kappa shape index (κ2) is 6.21. The third kappa shape index (κ3) is 2.93. The van der Waals surface area contributed by atoms with Crippen LogP contribution in [0, 0.1) is 11.3 Å². The van der Waals surface area contributed by atoms with E-state index in [0.717, 1.165) is 30.6 Å². The van der Waals surface area contributed by atoms with Crippen LogP contribution in [0.25, 0.3) is 21.7 Å². The van der Waals surface area contributed by atoms with Gasteiger partial charge in [-0.2, -0.15) is 5.26 Å². The minimum Gasteiger partial charge on any atom is -0.383 e. The molecule has 3 aromatic rings. The van der Waals surface area contributed by atoms with Crippen molar-refractivity contribution >= 4 is 49.0 Å². The number of hydrogen-bond acceptors (Lipinski definition) is 4. The van der Waals surface area contributed by atoms with Crippen LogP contribution in [0.4, 0.5) is 5.82 Å². The number of thiophene rings is 1. The van der Waals surface area contributed by atoms with Crippen molar-refractivity contribution in [1.29, 1.82) is 5.26 Å². The summed E-state index contributed by atoms with van der Waals surface area (Å²) >= 11 is 8.42. The minimum atomic E-state index is 0.252. The van der Waals surface area contributed by atoms with Gasteiger partial charge in [-0.25, -0.2) is 4.98 Å². The van der Waals surface area contributed by atoms with Crippen molar-refractivity contribution in [2.24, 2.45) is 0 Å². The summed E-state index contributed by atoms with van der Waals surface area (Å²) < 4.78 is 1.98. The van der Waals surface area contributed by atoms with E-state index in [2.05, 4.69) is 42.9 Å². The summed E-state index contributed by atoms with van der Waals surface area (Å²) in [6.07, 6.45) is 0. The monoisotopic (exact) mass is 433 g/mol. The number of rotatable bonds is 2. The molecule has 0 atom stereocenters. The molecular weight excluding hydrogens is 426 g/mol. The molecular formula is C16H9Br2N3S. The van der Waals surface area contributed by atoms with Crippen molar-refractivity contribution in [2.75, 3.05) is 5.73 Å². The zero-order valence-corrected chi connectivity index (χ0v) is 15.2. The van der Waals surface area contributed by atoms with Crippen LogP contribution in [0.5, 0.6) is 0 Å². The Hall–Kier alpha value is -1.68. The van der Waals surface area contributed by atoms with Gasteiger partial charge in [0, 0.05) is 30.3 Å². The highest BCUT2D eigenvalue weighted by molar-refractivity contribution is 9.10. The normalized spacial score (nSPS) is 10.4. The Morgan fingerprint density at radius 2 is 1.82 bits per heavy atom. The van der Waals surface area contributed by atoms with Crippen molar-refractivity contribution < 1.29 is 0 Å². The summed E-state index contributed by atoms with van der Waals surface area (Å²) in [5, 5.41) is 11.4. The molecule has 0 saturated carbocycles. The minimum absolute atomic E-state index is 0.252. The summed E-state index contributed by atoms with van der Waals surface area (Å²) in [6, 6.07) is 13.9. The smallest absolute Gasteiger partial charge is 0.142 e. The summed E-state index contributed by atoms with van der Waals surface area (Å²) in [5.74, 6) is 0.252. The zero-order valence-electron chi connectivity index (χ0n) is 11.2. The highest BCUT2D eigenvalue weighted by Crippen LogP contribution is 2.36. The Morgan fingerprint density at radius 3 is 2.41 bits per heavy atom. The molecule has 108 valence electrons. The average molecular weight is 435 g/mol. The van der Waals surface area contributed by atoms with Crippen molar-refractivity contribution in [1.82, 2.24) is 4.98 Å². The first kappa shape index (κ1) is 15.2. The molecule has 2 heterocycles. The van der Waals surface area contributed by atoms with Gasteiger partial charge >= 0.3 is 0 Å². The lowest BCUT2D eigenvalue weighted by Gasteiger charge is -2.08. The van der Waals surface area contributed by atoms with E-state index < -0.39 is 0 Å². The predicted octanol–water partition coefficient (Wildman–Crippen LogP) is 5.46. The maximum absolute atomic E-state index is 9.38. The summed E-state index contributed by atoms with van der Waals surface area (Å²) in [6.45, 7) is 0. The van der Waals surface area contributed by atoms with Crippen molar-refractivity contribution in [3.05, 3.63) is 56.3 Å². The maximum Gasteiger partial charge on any atom is 0.142 e. The highest BCUT2D eigenvalue weighted by Gasteiger charge is 2.14. The van der Waals surface area contributed by atoms with Crippen molar-refractivity contribution in [3.63, 3.8) is 0 Å². The van der Waals surface area contributed by atoms with Crippen LogP contribution < -0.4 is 5.73 Å². The average Bonchev–Trinajstić information content (AvgIpc) is 2.93. The first-order valence-corrected chi connectivity index (χ1v) is 8.76. The maximum atomic E-state index is 9.38. The van der Waals surface area contributed by atoms with Gasteiger partial charge in [0.1, 0.15) is 17.5 Å². The number of nitrogens with two attached hydrogens (primary N) is 1. The molecule has 22 heavy (non-hydrogen) atoms. The number of nitriles is 1. The summed E-state index contributed by atoms with van der Waals surface area (Å²) in [4.78, 5) is 5.35. The topological polar surface area (TPSA) is 62.7 Å². The molecule has 0 aliphatic heterocycles. The molecule has 0 bridgehead atoms. The van der Waals surface area contributed by atoms with Crippen LogP contribution in [0.15, 0.2) is 50.7 Å². The molecule has 0 aliphatic carbocycles. The zero-order chi connectivity index (χ0) is 15.7. The fourth-order valence-electron chi connectivity index (χ4n) is 2.10. The fraction of sp³-hybridized carbons (Fsp3) is 0. The van der Waals surface area contributed by atoms with E-state index in [1.54, 1.807) is 11.3 Å². The second-order valence-corrected chi connectivity index (χ2v) is 7.31. The van der Waals surface area contributed by atoms with Gasteiger partial charge in [0.05, 0.1) is 5.69 Å². The van der Waals surface area contributed by atoms with Crippen LogP contribution in [0.2, 0.25) is 0 Å². The SMILES string of the molecule is N#Cc1c(-c2cc(Br)cs2)cc(-c2ccc(Br)cc2)nc1N. The van der Waals surface area contributed by atoms with Gasteiger partial charge in [-0.3, -0.25) is 0 Å². The molecule has 0 aliphatic rings. The Kier molecular flexibility index (Phi) is 4.30. The van der Waals surface area contributed by atoms with E-state index in [0.29, 0.717) is 5.56 Å². The predicted molar refractivity (Wildman–Crippen MR) is 97.5 cm³/mol. The molecule has 2 aromatic heterocycles. The molecule has 3 rings (SSSR count). The molecule has 2 N–H and O–H groups in total. The lowest BCUT2D eigenvalue weighted by molar-refractivity contribution is 1.31. The third-order valence-electron chi connectivity index (χ3n) is 3.13. The quantitative estimate of drug-likeness (QED) is 0.582. The van der Waals surface area contributed by atoms with Gasteiger partial charge in [-0.1, -0.05) is 28.1 Å². The Labute approximate surface area is 148 Å².